The molecule has 0 amide bonds. The largest absolute Gasteiger partial charge is 0.384 e. The molecule has 0 fully saturated rings. The summed E-state index contributed by atoms with van der Waals surface area (Å²) >= 11 is 5.71. The first-order valence-corrected chi connectivity index (χ1v) is 5.02. The number of hydrogen-bond acceptors (Lipinski definition) is 2. The third-order valence-corrected chi connectivity index (χ3v) is 2.56. The lowest BCUT2D eigenvalue weighted by Crippen LogP contribution is -1.99. The highest BCUT2D eigenvalue weighted by molar-refractivity contribution is 6.18. The Morgan fingerprint density at radius 3 is 3.00 bits per heavy atom. The number of aromatic nitrogens is 1. The molecule has 0 spiro atoms. The van der Waals surface area contributed by atoms with E-state index >= 15 is 0 Å². The minimum absolute atomic E-state index is 0.566. The maximum Gasteiger partial charge on any atom is 0.123 e. The highest BCUT2D eigenvalue weighted by atomic mass is 35.5. The van der Waals surface area contributed by atoms with Gasteiger partial charge in [0.1, 0.15) is 5.82 Å². The predicted octanol–water partition coefficient (Wildman–Crippen LogP) is 2.47. The summed E-state index contributed by atoms with van der Waals surface area (Å²) in [6.07, 6.45) is 3.88. The molecule has 2 N–H and O–H groups in total. The molecule has 1 heterocycles. The molecule has 3 heteroatoms. The van der Waals surface area contributed by atoms with Crippen molar-refractivity contribution < 1.29 is 0 Å². The van der Waals surface area contributed by atoms with E-state index in [1.165, 1.54) is 5.56 Å². The number of pyridine rings is 1. The van der Waals surface area contributed by atoms with Gasteiger partial charge >= 0.3 is 0 Å². The predicted molar refractivity (Wildman–Crippen MR) is 56.9 cm³/mol. The van der Waals surface area contributed by atoms with Gasteiger partial charge < -0.3 is 5.73 Å². The van der Waals surface area contributed by atoms with Gasteiger partial charge in [0.15, 0.2) is 0 Å². The monoisotopic (exact) mass is 198 g/mol. The van der Waals surface area contributed by atoms with E-state index in [0.29, 0.717) is 11.7 Å². The van der Waals surface area contributed by atoms with Gasteiger partial charge in [-0.25, -0.2) is 4.98 Å². The van der Waals surface area contributed by atoms with Gasteiger partial charge in [-0.1, -0.05) is 6.92 Å². The van der Waals surface area contributed by atoms with Crippen molar-refractivity contribution in [3.8, 4) is 0 Å². The molecule has 1 aromatic rings. The van der Waals surface area contributed by atoms with E-state index in [1.54, 1.807) is 6.20 Å². The van der Waals surface area contributed by atoms with Gasteiger partial charge in [0.05, 0.1) is 0 Å². The average Bonchev–Trinajstić information content (AvgIpc) is 2.14. The molecule has 1 atom stereocenters. The zero-order chi connectivity index (χ0) is 9.68. The van der Waals surface area contributed by atoms with Gasteiger partial charge in [-0.2, -0.15) is 0 Å². The van der Waals surface area contributed by atoms with Crippen molar-refractivity contribution in [3.05, 3.63) is 23.9 Å². The quantitative estimate of drug-likeness (QED) is 0.755. The topological polar surface area (TPSA) is 38.9 Å². The van der Waals surface area contributed by atoms with Gasteiger partial charge in [0.2, 0.25) is 0 Å². The second-order valence-electron chi connectivity index (χ2n) is 3.39. The summed E-state index contributed by atoms with van der Waals surface area (Å²) in [5, 5.41) is 0. The Labute approximate surface area is 84.1 Å². The molecule has 0 saturated carbocycles. The number of nitrogens with two attached hydrogens (primary N) is 1. The van der Waals surface area contributed by atoms with Crippen molar-refractivity contribution in [2.45, 2.75) is 19.8 Å². The molecule has 0 bridgehead atoms. The van der Waals surface area contributed by atoms with Gasteiger partial charge in [0.25, 0.3) is 0 Å². The fourth-order valence-electron chi connectivity index (χ4n) is 1.14. The smallest absolute Gasteiger partial charge is 0.123 e. The molecule has 0 aliphatic heterocycles. The first-order chi connectivity index (χ1) is 6.22. The second kappa shape index (κ2) is 5.07. The molecule has 2 nitrogen and oxygen atoms in total. The summed E-state index contributed by atoms with van der Waals surface area (Å²) in [4.78, 5) is 3.94. The average molecular weight is 199 g/mol. The summed E-state index contributed by atoms with van der Waals surface area (Å²) in [5.41, 5.74) is 6.80. The van der Waals surface area contributed by atoms with Crippen LogP contribution < -0.4 is 5.73 Å². The van der Waals surface area contributed by atoms with Crippen LogP contribution in [0.2, 0.25) is 0 Å². The zero-order valence-electron chi connectivity index (χ0n) is 7.83. The van der Waals surface area contributed by atoms with Crippen LogP contribution in [0.25, 0.3) is 0 Å². The van der Waals surface area contributed by atoms with Crippen molar-refractivity contribution in [1.29, 1.82) is 0 Å². The van der Waals surface area contributed by atoms with Crippen LogP contribution in [-0.2, 0) is 6.42 Å². The van der Waals surface area contributed by atoms with Gasteiger partial charge in [-0.05, 0) is 36.5 Å². The lowest BCUT2D eigenvalue weighted by molar-refractivity contribution is 0.593. The molecular formula is C10H15ClN2. The van der Waals surface area contributed by atoms with Crippen LogP contribution in [-0.4, -0.2) is 10.9 Å². The van der Waals surface area contributed by atoms with E-state index in [2.05, 4.69) is 11.9 Å². The summed E-state index contributed by atoms with van der Waals surface area (Å²) in [6, 6.07) is 3.91. The Kier molecular flexibility index (Phi) is 4.03. The van der Waals surface area contributed by atoms with Gasteiger partial charge in [0, 0.05) is 12.1 Å². The Morgan fingerprint density at radius 2 is 2.38 bits per heavy atom. The molecule has 72 valence electrons. The number of anilines is 1. The van der Waals surface area contributed by atoms with Crippen molar-refractivity contribution in [1.82, 2.24) is 4.98 Å². The number of halogens is 1. The fraction of sp³-hybridized carbons (Fsp3) is 0.500. The third kappa shape index (κ3) is 3.64. The molecule has 0 radical (unpaired) electrons. The first kappa shape index (κ1) is 10.3. The number of nitrogens with zero attached hydrogens (tertiary/aromatic N) is 1. The van der Waals surface area contributed by atoms with E-state index in [0.717, 1.165) is 18.7 Å². The molecule has 0 saturated heterocycles. The lowest BCUT2D eigenvalue weighted by atomic mass is 10.0. The zero-order valence-corrected chi connectivity index (χ0v) is 8.59. The maximum atomic E-state index is 5.71. The van der Waals surface area contributed by atoms with Crippen molar-refractivity contribution in [2.75, 3.05) is 11.6 Å². The molecule has 0 aliphatic carbocycles. The van der Waals surface area contributed by atoms with E-state index in [-0.39, 0.29) is 0 Å². The minimum atomic E-state index is 0.566. The Hall–Kier alpha value is -0.760. The van der Waals surface area contributed by atoms with E-state index in [4.69, 9.17) is 17.3 Å². The fourth-order valence-corrected chi connectivity index (χ4v) is 1.29. The standard InChI is InChI=1S/C10H15ClN2/c1-8(7-11)2-3-9-4-5-13-10(12)6-9/h4-6,8H,2-3,7H2,1H3,(H2,12,13). The van der Waals surface area contributed by atoms with Crippen LogP contribution in [0.15, 0.2) is 18.3 Å². The number of nitrogen functional groups attached to an aromatic ring is 1. The molecule has 1 aromatic heterocycles. The van der Waals surface area contributed by atoms with Gasteiger partial charge in [-0.15, -0.1) is 11.6 Å². The third-order valence-electron chi connectivity index (χ3n) is 2.03. The summed E-state index contributed by atoms with van der Waals surface area (Å²) in [7, 11) is 0. The second-order valence-corrected chi connectivity index (χ2v) is 3.70. The van der Waals surface area contributed by atoms with E-state index in [9.17, 15) is 0 Å². The maximum absolute atomic E-state index is 5.71. The highest BCUT2D eigenvalue weighted by Gasteiger charge is 2.01. The highest BCUT2D eigenvalue weighted by Crippen LogP contribution is 2.11. The molecule has 0 aliphatic rings. The normalized spacial score (nSPS) is 12.8. The van der Waals surface area contributed by atoms with Crippen LogP contribution in [0, 0.1) is 5.92 Å². The molecule has 0 aromatic carbocycles. The number of alkyl halides is 1. The Bertz CT molecular complexity index is 263. The summed E-state index contributed by atoms with van der Waals surface area (Å²) < 4.78 is 0. The van der Waals surface area contributed by atoms with Crippen LogP contribution in [0.3, 0.4) is 0 Å². The summed E-state index contributed by atoms with van der Waals surface area (Å²) in [6.45, 7) is 2.15. The van der Waals surface area contributed by atoms with Crippen LogP contribution in [0.4, 0.5) is 5.82 Å². The summed E-state index contributed by atoms with van der Waals surface area (Å²) in [5.74, 6) is 1.88. The van der Waals surface area contributed by atoms with Gasteiger partial charge in [-0.3, -0.25) is 0 Å². The van der Waals surface area contributed by atoms with E-state index < -0.39 is 0 Å². The minimum Gasteiger partial charge on any atom is -0.384 e. The number of rotatable bonds is 4. The van der Waals surface area contributed by atoms with Crippen LogP contribution >= 0.6 is 11.6 Å². The van der Waals surface area contributed by atoms with Crippen LogP contribution in [0.5, 0.6) is 0 Å². The first-order valence-electron chi connectivity index (χ1n) is 4.48. The number of hydrogen-bond donors (Lipinski definition) is 1. The number of aryl methyl sites for hydroxylation is 1. The van der Waals surface area contributed by atoms with Crippen LogP contribution in [0.1, 0.15) is 18.9 Å². The lowest BCUT2D eigenvalue weighted by Gasteiger charge is -2.06. The van der Waals surface area contributed by atoms with Crippen molar-refractivity contribution >= 4 is 17.4 Å². The molecule has 1 unspecified atom stereocenters. The SMILES string of the molecule is CC(CCl)CCc1ccnc(N)c1. The van der Waals surface area contributed by atoms with Crippen molar-refractivity contribution in [3.63, 3.8) is 0 Å². The molecule has 13 heavy (non-hydrogen) atoms. The Balaban J connectivity index is 2.45. The molecule has 1 rings (SSSR count). The molecular weight excluding hydrogens is 184 g/mol. The van der Waals surface area contributed by atoms with Crippen molar-refractivity contribution in [2.24, 2.45) is 5.92 Å². The Morgan fingerprint density at radius 1 is 1.62 bits per heavy atom. The van der Waals surface area contributed by atoms with E-state index in [1.807, 2.05) is 12.1 Å².